The predicted molar refractivity (Wildman–Crippen MR) is 106 cm³/mol. The number of nitriles is 1. The maximum atomic E-state index is 12.4. The summed E-state index contributed by atoms with van der Waals surface area (Å²) in [5, 5.41) is 11.3. The van der Waals surface area contributed by atoms with Crippen molar-refractivity contribution in [1.29, 1.82) is 5.26 Å². The Morgan fingerprint density at radius 1 is 1.03 bits per heavy atom. The highest BCUT2D eigenvalue weighted by atomic mass is 32.2. The first-order valence-corrected chi connectivity index (χ1v) is 10.2. The van der Waals surface area contributed by atoms with Crippen LogP contribution < -0.4 is 10.0 Å². The number of amides is 1. The van der Waals surface area contributed by atoms with E-state index in [0.29, 0.717) is 11.3 Å². The number of anilines is 1. The average Bonchev–Trinajstić information content (AvgIpc) is 2.68. The van der Waals surface area contributed by atoms with Gasteiger partial charge in [-0.2, -0.15) is 9.98 Å². The Hall–Kier alpha value is -3.22. The molecule has 2 aromatic rings. The first-order valence-electron chi connectivity index (χ1n) is 8.73. The van der Waals surface area contributed by atoms with Gasteiger partial charge in [-0.25, -0.2) is 8.42 Å². The van der Waals surface area contributed by atoms with E-state index in [1.54, 1.807) is 24.3 Å². The molecule has 2 atom stereocenters. The van der Waals surface area contributed by atoms with Crippen molar-refractivity contribution in [2.45, 2.75) is 37.8 Å². The molecule has 9 heteroatoms. The molecule has 152 valence electrons. The van der Waals surface area contributed by atoms with Crippen LogP contribution in [0.15, 0.2) is 53.4 Å². The normalized spacial score (nSPS) is 13.0. The second kappa shape index (κ2) is 9.32. The molecule has 0 radical (unpaired) electrons. The van der Waals surface area contributed by atoms with E-state index in [2.05, 4.69) is 10.0 Å². The average molecular weight is 415 g/mol. The van der Waals surface area contributed by atoms with Crippen LogP contribution >= 0.6 is 0 Å². The van der Waals surface area contributed by atoms with E-state index in [9.17, 15) is 18.0 Å². The van der Waals surface area contributed by atoms with Gasteiger partial charge in [0, 0.05) is 5.69 Å². The fourth-order valence-corrected chi connectivity index (χ4v) is 3.46. The summed E-state index contributed by atoms with van der Waals surface area (Å²) in [5.74, 6) is -1.47. The van der Waals surface area contributed by atoms with Crippen molar-refractivity contribution >= 4 is 27.6 Å². The number of aryl methyl sites for hydroxylation is 1. The highest BCUT2D eigenvalue weighted by Crippen LogP contribution is 2.12. The summed E-state index contributed by atoms with van der Waals surface area (Å²) < 4.78 is 32.0. The molecule has 0 aromatic heterocycles. The number of rotatable bonds is 7. The minimum Gasteiger partial charge on any atom is -0.451 e. The maximum absolute atomic E-state index is 12.4. The summed E-state index contributed by atoms with van der Waals surface area (Å²) in [4.78, 5) is 24.4. The molecule has 8 nitrogen and oxygen atoms in total. The van der Waals surface area contributed by atoms with E-state index in [1.165, 1.54) is 38.1 Å². The maximum Gasteiger partial charge on any atom is 0.324 e. The molecule has 2 N–H and O–H groups in total. The molecule has 0 fully saturated rings. The van der Waals surface area contributed by atoms with Crippen molar-refractivity contribution in [2.24, 2.45) is 0 Å². The Bertz CT molecular complexity index is 1030. The summed E-state index contributed by atoms with van der Waals surface area (Å²) >= 11 is 0. The number of carbonyl (C=O) groups is 2. The van der Waals surface area contributed by atoms with Gasteiger partial charge in [-0.1, -0.05) is 17.7 Å². The summed E-state index contributed by atoms with van der Waals surface area (Å²) in [5.41, 5.74) is 1.78. The van der Waals surface area contributed by atoms with Gasteiger partial charge in [0.25, 0.3) is 5.91 Å². The molecule has 0 aliphatic carbocycles. The van der Waals surface area contributed by atoms with Gasteiger partial charge in [-0.05, 0) is 57.2 Å². The molecule has 0 heterocycles. The zero-order chi connectivity index (χ0) is 21.6. The zero-order valence-electron chi connectivity index (χ0n) is 16.2. The Kier molecular flexibility index (Phi) is 7.09. The second-order valence-electron chi connectivity index (χ2n) is 6.41. The summed E-state index contributed by atoms with van der Waals surface area (Å²) in [7, 11) is -3.91. The van der Waals surface area contributed by atoms with Gasteiger partial charge in [0.2, 0.25) is 10.0 Å². The van der Waals surface area contributed by atoms with E-state index in [4.69, 9.17) is 10.00 Å². The number of nitrogens with one attached hydrogen (secondary N) is 2. The second-order valence-corrected chi connectivity index (χ2v) is 8.13. The number of nitrogens with zero attached hydrogens (tertiary/aromatic N) is 1. The van der Waals surface area contributed by atoms with E-state index in [0.717, 1.165) is 5.56 Å². The van der Waals surface area contributed by atoms with Crippen LogP contribution in [0.25, 0.3) is 0 Å². The van der Waals surface area contributed by atoms with Gasteiger partial charge >= 0.3 is 5.97 Å². The van der Waals surface area contributed by atoms with Crippen LogP contribution in [-0.4, -0.2) is 32.4 Å². The number of sulfonamides is 1. The van der Waals surface area contributed by atoms with E-state index in [1.807, 2.05) is 13.0 Å². The lowest BCUT2D eigenvalue weighted by molar-refractivity contribution is -0.154. The van der Waals surface area contributed by atoms with Gasteiger partial charge < -0.3 is 10.1 Å². The van der Waals surface area contributed by atoms with Crippen molar-refractivity contribution in [3.8, 4) is 6.07 Å². The molecular formula is C20H21N3O5S. The smallest absolute Gasteiger partial charge is 0.324 e. The van der Waals surface area contributed by atoms with Crippen LogP contribution in [0.4, 0.5) is 5.69 Å². The fourth-order valence-electron chi connectivity index (χ4n) is 2.27. The number of benzene rings is 2. The van der Waals surface area contributed by atoms with Gasteiger partial charge in [-0.15, -0.1) is 0 Å². The first-order chi connectivity index (χ1) is 13.6. The quantitative estimate of drug-likeness (QED) is 0.667. The molecule has 29 heavy (non-hydrogen) atoms. The molecule has 0 aliphatic rings. The van der Waals surface area contributed by atoms with E-state index in [-0.39, 0.29) is 4.90 Å². The zero-order valence-corrected chi connectivity index (χ0v) is 17.0. The molecule has 0 bridgehead atoms. The van der Waals surface area contributed by atoms with E-state index < -0.39 is 34.0 Å². The topological polar surface area (TPSA) is 125 Å². The Morgan fingerprint density at radius 3 is 2.17 bits per heavy atom. The third-order valence-electron chi connectivity index (χ3n) is 3.96. The Morgan fingerprint density at radius 2 is 1.62 bits per heavy atom. The molecule has 2 aromatic carbocycles. The molecule has 0 aliphatic heterocycles. The Labute approximate surface area is 169 Å². The molecule has 0 unspecified atom stereocenters. The molecule has 0 spiro atoms. The number of carbonyl (C=O) groups excluding carboxylic acids is 2. The van der Waals surface area contributed by atoms with Crippen molar-refractivity contribution in [3.63, 3.8) is 0 Å². The standard InChI is InChI=1S/C20H21N3O5S/c1-13-4-10-18(11-5-13)29(26,27)23-14(2)20(25)28-15(3)19(24)22-17-8-6-16(12-21)7-9-17/h4-11,14-15,23H,1-3H3,(H,22,24)/t14-,15+/m0/s1. The number of esters is 1. The molecule has 1 amide bonds. The van der Waals surface area contributed by atoms with Crippen molar-refractivity contribution < 1.29 is 22.7 Å². The SMILES string of the molecule is Cc1ccc(S(=O)(=O)N[C@@H](C)C(=O)O[C@H](C)C(=O)Nc2ccc(C#N)cc2)cc1. The number of hydrogen-bond donors (Lipinski definition) is 2. The monoisotopic (exact) mass is 415 g/mol. The van der Waals surface area contributed by atoms with Crippen LogP contribution in [0, 0.1) is 18.3 Å². The van der Waals surface area contributed by atoms with Gasteiger partial charge in [0.05, 0.1) is 16.5 Å². The molecule has 2 rings (SSSR count). The number of hydrogen-bond acceptors (Lipinski definition) is 6. The molecule has 0 saturated carbocycles. The van der Waals surface area contributed by atoms with Gasteiger partial charge in [0.1, 0.15) is 6.04 Å². The van der Waals surface area contributed by atoms with Crippen LogP contribution in [0.3, 0.4) is 0 Å². The highest BCUT2D eigenvalue weighted by molar-refractivity contribution is 7.89. The Balaban J connectivity index is 1.94. The van der Waals surface area contributed by atoms with Crippen molar-refractivity contribution in [1.82, 2.24) is 4.72 Å². The van der Waals surface area contributed by atoms with Gasteiger partial charge in [-0.3, -0.25) is 9.59 Å². The number of ether oxygens (including phenoxy) is 1. The summed E-state index contributed by atoms with van der Waals surface area (Å²) in [6.07, 6.45) is -1.15. The lowest BCUT2D eigenvalue weighted by Gasteiger charge is -2.17. The minimum absolute atomic E-state index is 0.0226. The third kappa shape index (κ3) is 6.14. The van der Waals surface area contributed by atoms with Gasteiger partial charge in [0.15, 0.2) is 6.10 Å². The van der Waals surface area contributed by atoms with E-state index >= 15 is 0 Å². The summed E-state index contributed by atoms with van der Waals surface area (Å²) in [6, 6.07) is 13.1. The highest BCUT2D eigenvalue weighted by Gasteiger charge is 2.26. The fraction of sp³-hybridized carbons (Fsp3) is 0.250. The van der Waals surface area contributed by atoms with Crippen molar-refractivity contribution in [3.05, 3.63) is 59.7 Å². The third-order valence-corrected chi connectivity index (χ3v) is 5.52. The van der Waals surface area contributed by atoms with Crippen molar-refractivity contribution in [2.75, 3.05) is 5.32 Å². The van der Waals surface area contributed by atoms with Crippen LogP contribution in [-0.2, 0) is 24.3 Å². The van der Waals surface area contributed by atoms with Crippen LogP contribution in [0.5, 0.6) is 0 Å². The molecular weight excluding hydrogens is 394 g/mol. The van der Waals surface area contributed by atoms with Crippen LogP contribution in [0.1, 0.15) is 25.0 Å². The first kappa shape index (κ1) is 22.1. The lowest BCUT2D eigenvalue weighted by atomic mass is 10.2. The van der Waals surface area contributed by atoms with Crippen LogP contribution in [0.2, 0.25) is 0 Å². The minimum atomic E-state index is -3.91. The molecule has 0 saturated heterocycles. The lowest BCUT2D eigenvalue weighted by Crippen LogP contribution is -2.42. The predicted octanol–water partition coefficient (Wildman–Crippen LogP) is 2.10. The largest absolute Gasteiger partial charge is 0.451 e. The summed E-state index contributed by atoms with van der Waals surface area (Å²) in [6.45, 7) is 4.53.